The Morgan fingerprint density at radius 3 is 2.24 bits per heavy atom. The van der Waals surface area contributed by atoms with Gasteiger partial charge in [0.1, 0.15) is 12.1 Å². The summed E-state index contributed by atoms with van der Waals surface area (Å²) < 4.78 is 45.9. The second-order valence-corrected chi connectivity index (χ2v) is 3.78. The Hall–Kier alpha value is -2.52. The maximum atomic E-state index is 12.1. The molecule has 0 aliphatic heterocycles. The molecule has 7 nitrogen and oxygen atoms in total. The molecule has 0 aliphatic rings. The molecule has 1 aromatic rings. The highest BCUT2D eigenvalue weighted by Crippen LogP contribution is 2.34. The summed E-state index contributed by atoms with van der Waals surface area (Å²) in [6.07, 6.45) is -4.62. The van der Waals surface area contributed by atoms with E-state index in [4.69, 9.17) is 9.47 Å². The van der Waals surface area contributed by atoms with Gasteiger partial charge in [0.2, 0.25) is 0 Å². The molecule has 1 aromatic carbocycles. The van der Waals surface area contributed by atoms with Crippen molar-refractivity contribution in [2.45, 2.75) is 6.18 Å². The van der Waals surface area contributed by atoms with E-state index in [-0.39, 0.29) is 11.5 Å². The molecule has 0 radical (unpaired) electrons. The number of hydrogen-bond donors (Lipinski definition) is 1. The average molecular weight is 308 g/mol. The molecule has 1 amide bonds. The molecular weight excluding hydrogens is 297 g/mol. The zero-order valence-corrected chi connectivity index (χ0v) is 11.0. The van der Waals surface area contributed by atoms with Crippen molar-refractivity contribution in [3.05, 3.63) is 27.8 Å². The van der Waals surface area contributed by atoms with Crippen LogP contribution in [-0.4, -0.2) is 37.8 Å². The lowest BCUT2D eigenvalue weighted by molar-refractivity contribution is -0.385. The van der Waals surface area contributed by atoms with Crippen molar-refractivity contribution in [2.24, 2.45) is 0 Å². The van der Waals surface area contributed by atoms with Gasteiger partial charge in [0, 0.05) is 6.07 Å². The number of nitro benzene ring substituents is 1. The molecule has 116 valence electrons. The molecule has 1 N–H and O–H groups in total. The summed E-state index contributed by atoms with van der Waals surface area (Å²) in [7, 11) is 2.45. The van der Waals surface area contributed by atoms with Crippen LogP contribution in [0.4, 0.5) is 18.9 Å². The average Bonchev–Trinajstić information content (AvgIpc) is 2.42. The predicted molar refractivity (Wildman–Crippen MR) is 64.6 cm³/mol. The first-order valence-corrected chi connectivity index (χ1v) is 5.45. The van der Waals surface area contributed by atoms with E-state index in [2.05, 4.69) is 0 Å². The Balaban J connectivity index is 3.20. The van der Waals surface area contributed by atoms with Crippen molar-refractivity contribution < 1.29 is 32.4 Å². The van der Waals surface area contributed by atoms with Crippen LogP contribution in [0.2, 0.25) is 0 Å². The van der Waals surface area contributed by atoms with Gasteiger partial charge in [-0.25, -0.2) is 0 Å². The van der Waals surface area contributed by atoms with Gasteiger partial charge in [0.25, 0.3) is 11.6 Å². The monoisotopic (exact) mass is 308 g/mol. The SMILES string of the molecule is COc1cc(C(=O)NCC(F)(F)F)c([N+](=O)[O-])cc1OC. The summed E-state index contributed by atoms with van der Waals surface area (Å²) in [5.41, 5.74) is -1.24. The van der Waals surface area contributed by atoms with Gasteiger partial charge in [0.05, 0.1) is 25.2 Å². The number of nitrogens with one attached hydrogen (secondary N) is 1. The zero-order chi connectivity index (χ0) is 16.2. The number of benzene rings is 1. The van der Waals surface area contributed by atoms with E-state index in [1.165, 1.54) is 14.2 Å². The van der Waals surface area contributed by atoms with Crippen LogP contribution in [0.25, 0.3) is 0 Å². The second-order valence-electron chi connectivity index (χ2n) is 3.78. The highest BCUT2D eigenvalue weighted by Gasteiger charge is 2.30. The minimum atomic E-state index is -4.62. The van der Waals surface area contributed by atoms with Crippen LogP contribution in [-0.2, 0) is 0 Å². The minimum Gasteiger partial charge on any atom is -0.493 e. The molecular formula is C11H11F3N2O5. The fraction of sp³-hybridized carbons (Fsp3) is 0.364. The Morgan fingerprint density at radius 1 is 1.29 bits per heavy atom. The molecule has 0 unspecified atom stereocenters. The van der Waals surface area contributed by atoms with E-state index in [1.54, 1.807) is 5.32 Å². The van der Waals surface area contributed by atoms with Crippen LogP contribution in [0.15, 0.2) is 12.1 Å². The van der Waals surface area contributed by atoms with Crippen molar-refractivity contribution in [1.82, 2.24) is 5.32 Å². The number of rotatable bonds is 5. The van der Waals surface area contributed by atoms with Crippen molar-refractivity contribution in [3.63, 3.8) is 0 Å². The molecule has 0 spiro atoms. The third-order valence-electron chi connectivity index (χ3n) is 2.39. The maximum absolute atomic E-state index is 12.1. The number of carbonyl (C=O) groups is 1. The summed E-state index contributed by atoms with van der Waals surface area (Å²) in [5, 5.41) is 12.5. The van der Waals surface area contributed by atoms with Crippen LogP contribution >= 0.6 is 0 Å². The number of alkyl halides is 3. The van der Waals surface area contributed by atoms with Crippen molar-refractivity contribution in [3.8, 4) is 11.5 Å². The minimum absolute atomic E-state index is 0.0136. The van der Waals surface area contributed by atoms with E-state index in [0.29, 0.717) is 0 Å². The van der Waals surface area contributed by atoms with Crippen LogP contribution in [0.3, 0.4) is 0 Å². The number of ether oxygens (including phenoxy) is 2. The first-order valence-electron chi connectivity index (χ1n) is 5.45. The number of methoxy groups -OCH3 is 2. The molecule has 0 heterocycles. The molecule has 0 fully saturated rings. The van der Waals surface area contributed by atoms with Crippen LogP contribution in [0.5, 0.6) is 11.5 Å². The van der Waals surface area contributed by atoms with E-state index in [9.17, 15) is 28.1 Å². The topological polar surface area (TPSA) is 90.7 Å². The van der Waals surface area contributed by atoms with Gasteiger partial charge in [-0.2, -0.15) is 13.2 Å². The van der Waals surface area contributed by atoms with Crippen LogP contribution < -0.4 is 14.8 Å². The van der Waals surface area contributed by atoms with Crippen molar-refractivity contribution >= 4 is 11.6 Å². The number of nitrogens with zero attached hydrogens (tertiary/aromatic N) is 1. The number of carbonyl (C=O) groups excluding carboxylic acids is 1. The molecule has 1 rings (SSSR count). The highest BCUT2D eigenvalue weighted by molar-refractivity contribution is 5.99. The predicted octanol–water partition coefficient (Wildman–Crippen LogP) is 1.90. The molecule has 21 heavy (non-hydrogen) atoms. The summed E-state index contributed by atoms with van der Waals surface area (Å²) >= 11 is 0. The largest absolute Gasteiger partial charge is 0.493 e. The van der Waals surface area contributed by atoms with E-state index in [1.807, 2.05) is 0 Å². The maximum Gasteiger partial charge on any atom is 0.405 e. The van der Waals surface area contributed by atoms with Gasteiger partial charge in [-0.3, -0.25) is 14.9 Å². The molecule has 0 aromatic heterocycles. The fourth-order valence-electron chi connectivity index (χ4n) is 1.48. The number of nitro groups is 1. The van der Waals surface area contributed by atoms with Crippen molar-refractivity contribution in [2.75, 3.05) is 20.8 Å². The van der Waals surface area contributed by atoms with Gasteiger partial charge in [-0.15, -0.1) is 0 Å². The van der Waals surface area contributed by atoms with Gasteiger partial charge in [0.15, 0.2) is 11.5 Å². The second kappa shape index (κ2) is 6.29. The van der Waals surface area contributed by atoms with E-state index < -0.39 is 34.8 Å². The van der Waals surface area contributed by atoms with Crippen LogP contribution in [0, 0.1) is 10.1 Å². The Morgan fingerprint density at radius 2 is 1.81 bits per heavy atom. The Bertz CT molecular complexity index is 560. The molecule has 0 atom stereocenters. The molecule has 0 saturated heterocycles. The third kappa shape index (κ3) is 4.23. The van der Waals surface area contributed by atoms with Gasteiger partial charge >= 0.3 is 6.18 Å². The van der Waals surface area contributed by atoms with Gasteiger partial charge < -0.3 is 14.8 Å². The van der Waals surface area contributed by atoms with Gasteiger partial charge in [-0.1, -0.05) is 0 Å². The Kier molecular flexibility index (Phi) is 4.95. The highest BCUT2D eigenvalue weighted by atomic mass is 19.4. The van der Waals surface area contributed by atoms with Crippen LogP contribution in [0.1, 0.15) is 10.4 Å². The molecule has 10 heteroatoms. The number of halogens is 3. The smallest absolute Gasteiger partial charge is 0.405 e. The third-order valence-corrected chi connectivity index (χ3v) is 2.39. The fourth-order valence-corrected chi connectivity index (χ4v) is 1.48. The number of amides is 1. The lowest BCUT2D eigenvalue weighted by Crippen LogP contribution is -2.34. The van der Waals surface area contributed by atoms with Crippen molar-refractivity contribution in [1.29, 1.82) is 0 Å². The standard InChI is InChI=1S/C11H11F3N2O5/c1-20-8-3-6(10(17)15-5-11(12,13)14)7(16(18)19)4-9(8)21-2/h3-4H,5H2,1-2H3,(H,15,17). The summed E-state index contributed by atoms with van der Waals surface area (Å²) in [5.74, 6) is -1.27. The number of hydrogen-bond acceptors (Lipinski definition) is 5. The Labute approximate surface area is 116 Å². The lowest BCUT2D eigenvalue weighted by Gasteiger charge is -2.11. The van der Waals surface area contributed by atoms with E-state index in [0.717, 1.165) is 12.1 Å². The molecule has 0 aliphatic carbocycles. The summed E-state index contributed by atoms with van der Waals surface area (Å²) in [6.45, 7) is -1.60. The quantitative estimate of drug-likeness (QED) is 0.662. The van der Waals surface area contributed by atoms with Gasteiger partial charge in [-0.05, 0) is 0 Å². The first-order chi connectivity index (χ1) is 9.69. The zero-order valence-electron chi connectivity index (χ0n) is 11.0. The normalized spacial score (nSPS) is 10.9. The lowest BCUT2D eigenvalue weighted by atomic mass is 10.1. The molecule has 0 bridgehead atoms. The summed E-state index contributed by atoms with van der Waals surface area (Å²) in [4.78, 5) is 21.7. The first kappa shape index (κ1) is 16.5. The summed E-state index contributed by atoms with van der Waals surface area (Å²) in [6, 6.07) is 1.85. The molecule has 0 saturated carbocycles. The van der Waals surface area contributed by atoms with E-state index >= 15 is 0 Å².